The second-order valence-corrected chi connectivity index (χ2v) is 7.38. The van der Waals surface area contributed by atoms with E-state index in [0.717, 1.165) is 17.5 Å². The molecule has 0 radical (unpaired) electrons. The van der Waals surface area contributed by atoms with Crippen LogP contribution >= 0.6 is 11.6 Å². The first-order valence-electron chi connectivity index (χ1n) is 7.58. The number of hydrogen-bond acceptors (Lipinski definition) is 5. The van der Waals surface area contributed by atoms with Crippen LogP contribution in [0.4, 0.5) is 0 Å². The molecule has 136 valence electrons. The van der Waals surface area contributed by atoms with E-state index < -0.39 is 10.0 Å². The van der Waals surface area contributed by atoms with Crippen molar-refractivity contribution in [2.75, 3.05) is 20.8 Å². The SMILES string of the molecule is COc1cc(Cl)c(CNCCc2ccc(S(N)(=O)=O)cc2)cc1OC. The van der Waals surface area contributed by atoms with Crippen molar-refractivity contribution in [2.24, 2.45) is 5.14 Å². The van der Waals surface area contributed by atoms with Crippen LogP contribution in [0.5, 0.6) is 11.5 Å². The van der Waals surface area contributed by atoms with Gasteiger partial charge in [0.25, 0.3) is 0 Å². The molecule has 0 heterocycles. The van der Waals surface area contributed by atoms with Crippen LogP contribution in [0.2, 0.25) is 5.02 Å². The van der Waals surface area contributed by atoms with E-state index in [4.69, 9.17) is 26.2 Å². The van der Waals surface area contributed by atoms with Crippen molar-refractivity contribution >= 4 is 21.6 Å². The number of nitrogens with two attached hydrogens (primary N) is 1. The summed E-state index contributed by atoms with van der Waals surface area (Å²) in [6.45, 7) is 1.29. The van der Waals surface area contributed by atoms with Crippen molar-refractivity contribution < 1.29 is 17.9 Å². The molecule has 0 aromatic heterocycles. The zero-order valence-corrected chi connectivity index (χ0v) is 15.7. The van der Waals surface area contributed by atoms with E-state index in [1.165, 1.54) is 12.1 Å². The summed E-state index contributed by atoms with van der Waals surface area (Å²) in [6, 6.07) is 10.1. The molecule has 0 spiro atoms. The van der Waals surface area contributed by atoms with E-state index in [0.29, 0.717) is 29.6 Å². The predicted octanol–water partition coefficient (Wildman–Crippen LogP) is 2.34. The molecule has 0 atom stereocenters. The summed E-state index contributed by atoms with van der Waals surface area (Å²) < 4.78 is 32.9. The predicted molar refractivity (Wildman–Crippen MR) is 97.8 cm³/mol. The fourth-order valence-electron chi connectivity index (χ4n) is 2.33. The Morgan fingerprint density at radius 3 is 2.24 bits per heavy atom. The molecule has 0 unspecified atom stereocenters. The number of hydrogen-bond donors (Lipinski definition) is 2. The minimum absolute atomic E-state index is 0.112. The molecule has 0 aliphatic rings. The van der Waals surface area contributed by atoms with Gasteiger partial charge in [-0.05, 0) is 42.3 Å². The molecule has 0 aliphatic carbocycles. The van der Waals surface area contributed by atoms with Crippen molar-refractivity contribution in [2.45, 2.75) is 17.9 Å². The van der Waals surface area contributed by atoms with E-state index in [-0.39, 0.29) is 4.90 Å². The highest BCUT2D eigenvalue weighted by atomic mass is 35.5. The first-order chi connectivity index (χ1) is 11.8. The fourth-order valence-corrected chi connectivity index (χ4v) is 3.07. The fraction of sp³-hybridized carbons (Fsp3) is 0.294. The van der Waals surface area contributed by atoms with E-state index in [2.05, 4.69) is 5.32 Å². The average molecular weight is 385 g/mol. The molecule has 0 amide bonds. The molecule has 0 fully saturated rings. The van der Waals surface area contributed by atoms with Gasteiger partial charge in [0.05, 0.1) is 19.1 Å². The lowest BCUT2D eigenvalue weighted by atomic mass is 10.1. The minimum atomic E-state index is -3.65. The Balaban J connectivity index is 1.91. The summed E-state index contributed by atoms with van der Waals surface area (Å²) in [5.41, 5.74) is 1.92. The quantitative estimate of drug-likeness (QED) is 0.682. The summed E-state index contributed by atoms with van der Waals surface area (Å²) in [7, 11) is -0.510. The zero-order valence-electron chi connectivity index (χ0n) is 14.1. The Morgan fingerprint density at radius 2 is 1.68 bits per heavy atom. The van der Waals surface area contributed by atoms with Crippen LogP contribution in [0.15, 0.2) is 41.3 Å². The highest BCUT2D eigenvalue weighted by Gasteiger charge is 2.10. The van der Waals surface area contributed by atoms with Crippen LogP contribution in [-0.4, -0.2) is 29.2 Å². The van der Waals surface area contributed by atoms with Crippen molar-refractivity contribution in [1.29, 1.82) is 0 Å². The number of halogens is 1. The number of primary sulfonamides is 1. The van der Waals surface area contributed by atoms with Gasteiger partial charge in [-0.15, -0.1) is 0 Å². The summed E-state index contributed by atoms with van der Waals surface area (Å²) in [5, 5.41) is 8.98. The molecule has 3 N–H and O–H groups in total. The summed E-state index contributed by atoms with van der Waals surface area (Å²) in [6.07, 6.45) is 0.746. The molecule has 25 heavy (non-hydrogen) atoms. The highest BCUT2D eigenvalue weighted by Crippen LogP contribution is 2.32. The molecule has 2 aromatic carbocycles. The maximum atomic E-state index is 11.2. The highest BCUT2D eigenvalue weighted by molar-refractivity contribution is 7.89. The first kappa shape index (κ1) is 19.5. The van der Waals surface area contributed by atoms with Gasteiger partial charge in [0, 0.05) is 17.6 Å². The van der Waals surface area contributed by atoms with Crippen molar-refractivity contribution in [1.82, 2.24) is 5.32 Å². The normalized spacial score (nSPS) is 11.4. The maximum Gasteiger partial charge on any atom is 0.238 e. The summed E-state index contributed by atoms with van der Waals surface area (Å²) in [4.78, 5) is 0.112. The van der Waals surface area contributed by atoms with Crippen LogP contribution in [0.3, 0.4) is 0 Å². The number of benzene rings is 2. The number of sulfonamides is 1. The first-order valence-corrected chi connectivity index (χ1v) is 9.50. The van der Waals surface area contributed by atoms with Gasteiger partial charge >= 0.3 is 0 Å². The largest absolute Gasteiger partial charge is 0.493 e. The van der Waals surface area contributed by atoms with Crippen molar-refractivity contribution in [3.05, 3.63) is 52.5 Å². The topological polar surface area (TPSA) is 90.6 Å². The number of methoxy groups -OCH3 is 2. The zero-order chi connectivity index (χ0) is 18.4. The molecule has 8 heteroatoms. The van der Waals surface area contributed by atoms with Gasteiger partial charge in [-0.1, -0.05) is 23.7 Å². The standard InChI is InChI=1S/C17H21ClN2O4S/c1-23-16-9-13(15(18)10-17(16)24-2)11-20-8-7-12-3-5-14(6-4-12)25(19,21)22/h3-6,9-10,20H,7-8,11H2,1-2H3,(H2,19,21,22). The van der Waals surface area contributed by atoms with Crippen molar-refractivity contribution in [3.8, 4) is 11.5 Å². The van der Waals surface area contributed by atoms with Crippen LogP contribution < -0.4 is 19.9 Å². The number of ether oxygens (including phenoxy) is 2. The molecular weight excluding hydrogens is 364 g/mol. The van der Waals surface area contributed by atoms with Gasteiger partial charge in [0.1, 0.15) is 0 Å². The lowest BCUT2D eigenvalue weighted by Crippen LogP contribution is -2.17. The Morgan fingerprint density at radius 1 is 1.08 bits per heavy atom. The van der Waals surface area contributed by atoms with Crippen LogP contribution in [0.25, 0.3) is 0 Å². The monoisotopic (exact) mass is 384 g/mol. The van der Waals surface area contributed by atoms with Crippen LogP contribution in [-0.2, 0) is 23.0 Å². The lowest BCUT2D eigenvalue weighted by molar-refractivity contribution is 0.354. The average Bonchev–Trinajstić information content (AvgIpc) is 2.59. The summed E-state index contributed by atoms with van der Waals surface area (Å²) in [5.74, 6) is 1.22. The Bertz CT molecular complexity index is 823. The van der Waals surface area contributed by atoms with Gasteiger partial charge < -0.3 is 14.8 Å². The van der Waals surface area contributed by atoms with E-state index in [1.54, 1.807) is 32.4 Å². The molecule has 0 bridgehead atoms. The minimum Gasteiger partial charge on any atom is -0.493 e. The molecule has 0 aliphatic heterocycles. The van der Waals surface area contributed by atoms with Gasteiger partial charge in [-0.3, -0.25) is 0 Å². The van der Waals surface area contributed by atoms with E-state index in [9.17, 15) is 8.42 Å². The molecule has 6 nitrogen and oxygen atoms in total. The third-order valence-electron chi connectivity index (χ3n) is 3.71. The molecule has 0 saturated carbocycles. The van der Waals surface area contributed by atoms with Gasteiger partial charge in [-0.25, -0.2) is 13.6 Å². The Kier molecular flexibility index (Phi) is 6.66. The lowest BCUT2D eigenvalue weighted by Gasteiger charge is -2.12. The molecular formula is C17H21ClN2O4S. The van der Waals surface area contributed by atoms with Gasteiger partial charge in [-0.2, -0.15) is 0 Å². The third-order valence-corrected chi connectivity index (χ3v) is 4.99. The van der Waals surface area contributed by atoms with E-state index in [1.807, 2.05) is 6.07 Å². The van der Waals surface area contributed by atoms with Gasteiger partial charge in [0.15, 0.2) is 11.5 Å². The number of nitrogens with one attached hydrogen (secondary N) is 1. The Labute approximate surface area is 152 Å². The third kappa shape index (κ3) is 5.34. The van der Waals surface area contributed by atoms with Crippen LogP contribution in [0, 0.1) is 0 Å². The second-order valence-electron chi connectivity index (χ2n) is 5.41. The van der Waals surface area contributed by atoms with E-state index >= 15 is 0 Å². The molecule has 0 saturated heterocycles. The van der Waals surface area contributed by atoms with Crippen LogP contribution in [0.1, 0.15) is 11.1 Å². The maximum absolute atomic E-state index is 11.2. The van der Waals surface area contributed by atoms with Crippen molar-refractivity contribution in [3.63, 3.8) is 0 Å². The Hall–Kier alpha value is -1.80. The number of rotatable bonds is 8. The smallest absolute Gasteiger partial charge is 0.238 e. The summed E-state index contributed by atoms with van der Waals surface area (Å²) >= 11 is 6.25. The second kappa shape index (κ2) is 8.53. The molecule has 2 aromatic rings. The van der Waals surface area contributed by atoms with Gasteiger partial charge in [0.2, 0.25) is 10.0 Å². The molecule has 2 rings (SSSR count).